The summed E-state index contributed by atoms with van der Waals surface area (Å²) < 4.78 is 0. The van der Waals surface area contributed by atoms with Crippen LogP contribution in [0, 0.1) is 0 Å². The van der Waals surface area contributed by atoms with Crippen LogP contribution in [-0.2, 0) is 11.2 Å². The number of benzene rings is 2. The lowest BCUT2D eigenvalue weighted by Crippen LogP contribution is -2.26. The summed E-state index contributed by atoms with van der Waals surface area (Å²) in [5.74, 6) is -0.0163. The van der Waals surface area contributed by atoms with Crippen LogP contribution in [0.4, 0.5) is 0 Å². The van der Waals surface area contributed by atoms with E-state index in [1.54, 1.807) is 6.20 Å². The Bertz CT molecular complexity index is 840. The van der Waals surface area contributed by atoms with Crippen LogP contribution in [0.1, 0.15) is 11.1 Å². The molecule has 2 aromatic carbocycles. The van der Waals surface area contributed by atoms with Crippen molar-refractivity contribution in [2.75, 3.05) is 6.54 Å². The number of aromatic nitrogens is 1. The number of carbonyl (C=O) groups excluding carboxylic acids is 1. The quantitative estimate of drug-likeness (QED) is 0.782. The number of nitrogens with one attached hydrogen (secondary N) is 1. The van der Waals surface area contributed by atoms with E-state index in [9.17, 15) is 4.79 Å². The third-order valence-corrected chi connectivity index (χ3v) is 3.72. The van der Waals surface area contributed by atoms with Crippen LogP contribution in [0.25, 0.3) is 16.5 Å². The predicted molar refractivity (Wildman–Crippen MR) is 93.9 cm³/mol. The molecule has 1 N–H and O–H groups in total. The van der Waals surface area contributed by atoms with E-state index < -0.39 is 0 Å². The highest BCUT2D eigenvalue weighted by atomic mass is 16.1. The second-order valence-electron chi connectivity index (χ2n) is 5.45. The van der Waals surface area contributed by atoms with Crippen LogP contribution in [0.5, 0.6) is 0 Å². The molecular formula is C20H18N2O. The Morgan fingerprint density at radius 1 is 1.04 bits per heavy atom. The van der Waals surface area contributed by atoms with Crippen molar-refractivity contribution >= 4 is 22.4 Å². The Balaban J connectivity index is 1.59. The van der Waals surface area contributed by atoms with Gasteiger partial charge in [-0.05, 0) is 28.8 Å². The zero-order valence-electron chi connectivity index (χ0n) is 12.8. The minimum absolute atomic E-state index is 0.0163. The summed E-state index contributed by atoms with van der Waals surface area (Å²) in [5.41, 5.74) is 3.81. The molecule has 0 spiro atoms. The second kappa shape index (κ2) is 6.88. The van der Waals surface area contributed by atoms with Gasteiger partial charge in [-0.1, -0.05) is 55.1 Å². The molecule has 0 saturated heterocycles. The van der Waals surface area contributed by atoms with E-state index in [-0.39, 0.29) is 5.91 Å². The van der Waals surface area contributed by atoms with Gasteiger partial charge >= 0.3 is 0 Å². The molecule has 0 atom stereocenters. The lowest BCUT2D eigenvalue weighted by Gasteiger charge is -2.08. The van der Waals surface area contributed by atoms with Gasteiger partial charge in [0.2, 0.25) is 5.91 Å². The number of nitrogens with zero attached hydrogens (tertiary/aromatic N) is 1. The molecule has 0 aliphatic heterocycles. The first kappa shape index (κ1) is 15.0. The Morgan fingerprint density at radius 3 is 2.70 bits per heavy atom. The topological polar surface area (TPSA) is 42.0 Å². The number of carbonyl (C=O) groups is 1. The van der Waals surface area contributed by atoms with E-state index >= 15 is 0 Å². The molecular weight excluding hydrogens is 284 g/mol. The fraction of sp³-hybridized carbons (Fsp3) is 0.100. The molecule has 0 radical (unpaired) electrons. The van der Waals surface area contributed by atoms with Gasteiger partial charge in [0.05, 0.1) is 11.9 Å². The van der Waals surface area contributed by atoms with Crippen molar-refractivity contribution in [1.29, 1.82) is 0 Å². The number of pyridine rings is 1. The highest BCUT2D eigenvalue weighted by Crippen LogP contribution is 2.14. The van der Waals surface area contributed by atoms with Crippen molar-refractivity contribution in [3.05, 3.63) is 84.6 Å². The van der Waals surface area contributed by atoms with E-state index in [0.29, 0.717) is 13.0 Å². The maximum atomic E-state index is 12.1. The molecule has 3 aromatic rings. The first-order chi connectivity index (χ1) is 11.2. The minimum Gasteiger partial charge on any atom is -0.352 e. The highest BCUT2D eigenvalue weighted by Gasteiger charge is 2.06. The molecule has 0 bridgehead atoms. The molecule has 1 heterocycles. The molecule has 0 fully saturated rings. The largest absolute Gasteiger partial charge is 0.352 e. The van der Waals surface area contributed by atoms with Crippen LogP contribution in [0.3, 0.4) is 0 Å². The van der Waals surface area contributed by atoms with Gasteiger partial charge < -0.3 is 5.32 Å². The van der Waals surface area contributed by atoms with E-state index in [1.165, 1.54) is 0 Å². The van der Waals surface area contributed by atoms with Crippen molar-refractivity contribution in [3.8, 4) is 0 Å². The van der Waals surface area contributed by atoms with Gasteiger partial charge in [-0.3, -0.25) is 9.78 Å². The summed E-state index contributed by atoms with van der Waals surface area (Å²) in [6.07, 6.45) is 2.10. The molecule has 3 nitrogen and oxygen atoms in total. The lowest BCUT2D eigenvalue weighted by molar-refractivity contribution is -0.120. The number of hydrogen-bond donors (Lipinski definition) is 1. The SMILES string of the molecule is C=C(CNC(=O)Cc1ccc2cccnc2c1)c1ccccc1. The van der Waals surface area contributed by atoms with E-state index in [2.05, 4.69) is 16.9 Å². The van der Waals surface area contributed by atoms with Gasteiger partial charge in [0.15, 0.2) is 0 Å². The van der Waals surface area contributed by atoms with E-state index in [0.717, 1.165) is 27.6 Å². The third-order valence-electron chi connectivity index (χ3n) is 3.72. The summed E-state index contributed by atoms with van der Waals surface area (Å²) in [6, 6.07) is 19.7. The van der Waals surface area contributed by atoms with Gasteiger partial charge in [-0.25, -0.2) is 0 Å². The molecule has 0 aliphatic carbocycles. The standard InChI is InChI=1S/C20H18N2O/c1-15(17-6-3-2-4-7-17)14-22-20(23)13-16-9-10-18-8-5-11-21-19(18)12-16/h2-12H,1,13-14H2,(H,22,23). The molecule has 23 heavy (non-hydrogen) atoms. The molecule has 0 saturated carbocycles. The molecule has 0 aliphatic rings. The van der Waals surface area contributed by atoms with Gasteiger partial charge in [-0.2, -0.15) is 0 Å². The maximum absolute atomic E-state index is 12.1. The van der Waals surface area contributed by atoms with E-state index in [4.69, 9.17) is 0 Å². The fourth-order valence-electron chi connectivity index (χ4n) is 2.45. The fourth-order valence-corrected chi connectivity index (χ4v) is 2.45. The van der Waals surface area contributed by atoms with Gasteiger partial charge in [0, 0.05) is 18.1 Å². The summed E-state index contributed by atoms with van der Waals surface area (Å²) in [7, 11) is 0. The molecule has 1 amide bonds. The van der Waals surface area contributed by atoms with Gasteiger partial charge in [-0.15, -0.1) is 0 Å². The molecule has 114 valence electrons. The van der Waals surface area contributed by atoms with Crippen molar-refractivity contribution < 1.29 is 4.79 Å². The summed E-state index contributed by atoms with van der Waals surface area (Å²) >= 11 is 0. The monoisotopic (exact) mass is 302 g/mol. The van der Waals surface area contributed by atoms with Crippen LogP contribution in [0.2, 0.25) is 0 Å². The number of hydrogen-bond acceptors (Lipinski definition) is 2. The summed E-state index contributed by atoms with van der Waals surface area (Å²) in [4.78, 5) is 16.4. The smallest absolute Gasteiger partial charge is 0.224 e. The van der Waals surface area contributed by atoms with Crippen LogP contribution < -0.4 is 5.32 Å². The van der Waals surface area contributed by atoms with Crippen molar-refractivity contribution in [3.63, 3.8) is 0 Å². The van der Waals surface area contributed by atoms with Crippen LogP contribution in [-0.4, -0.2) is 17.4 Å². The number of amides is 1. The average molecular weight is 302 g/mol. The zero-order valence-corrected chi connectivity index (χ0v) is 12.8. The van der Waals surface area contributed by atoms with Crippen LogP contribution >= 0.6 is 0 Å². The van der Waals surface area contributed by atoms with Gasteiger partial charge in [0.25, 0.3) is 0 Å². The first-order valence-electron chi connectivity index (χ1n) is 7.56. The molecule has 0 unspecified atom stereocenters. The molecule has 1 aromatic heterocycles. The Labute approximate surface area is 135 Å². The van der Waals surface area contributed by atoms with Crippen molar-refractivity contribution in [1.82, 2.24) is 10.3 Å². The minimum atomic E-state index is -0.0163. The molecule has 3 rings (SSSR count). The van der Waals surface area contributed by atoms with Gasteiger partial charge in [0.1, 0.15) is 0 Å². The number of fused-ring (bicyclic) bond motifs is 1. The Morgan fingerprint density at radius 2 is 1.87 bits per heavy atom. The number of rotatable bonds is 5. The molecule has 3 heteroatoms. The van der Waals surface area contributed by atoms with Crippen LogP contribution in [0.15, 0.2) is 73.4 Å². The zero-order chi connectivity index (χ0) is 16.1. The average Bonchev–Trinajstić information content (AvgIpc) is 2.60. The van der Waals surface area contributed by atoms with Crippen molar-refractivity contribution in [2.45, 2.75) is 6.42 Å². The Kier molecular flexibility index (Phi) is 4.48. The third kappa shape index (κ3) is 3.83. The first-order valence-corrected chi connectivity index (χ1v) is 7.56. The summed E-state index contributed by atoms with van der Waals surface area (Å²) in [5, 5.41) is 4.00. The lowest BCUT2D eigenvalue weighted by atomic mass is 10.1. The second-order valence-corrected chi connectivity index (χ2v) is 5.45. The normalized spacial score (nSPS) is 10.4. The Hall–Kier alpha value is -2.94. The maximum Gasteiger partial charge on any atom is 0.224 e. The summed E-state index contributed by atoms with van der Waals surface area (Å²) in [6.45, 7) is 4.47. The van der Waals surface area contributed by atoms with Crippen molar-refractivity contribution in [2.24, 2.45) is 0 Å². The predicted octanol–water partition coefficient (Wildman–Crippen LogP) is 3.61. The highest BCUT2D eigenvalue weighted by molar-refractivity contribution is 5.84. The van der Waals surface area contributed by atoms with E-state index in [1.807, 2.05) is 60.7 Å².